The van der Waals surface area contributed by atoms with Gasteiger partial charge in [-0.3, -0.25) is 19.2 Å². The van der Waals surface area contributed by atoms with Crippen molar-refractivity contribution >= 4 is 29.1 Å². The summed E-state index contributed by atoms with van der Waals surface area (Å²) in [6.45, 7) is 1.44. The van der Waals surface area contributed by atoms with Crippen molar-refractivity contribution in [3.8, 4) is 16.9 Å². The first-order chi connectivity index (χ1) is 19.6. The number of hydrogen-bond donors (Lipinski definition) is 0. The molecule has 1 atom stereocenters. The minimum atomic E-state index is -0.831. The van der Waals surface area contributed by atoms with Crippen LogP contribution in [0.5, 0.6) is 5.75 Å². The molecule has 1 heterocycles. The van der Waals surface area contributed by atoms with Crippen LogP contribution in [-0.4, -0.2) is 48.1 Å². The Morgan fingerprint density at radius 1 is 0.902 bits per heavy atom. The fourth-order valence-corrected chi connectivity index (χ4v) is 4.91. The van der Waals surface area contributed by atoms with E-state index in [1.165, 1.54) is 35.8 Å². The first-order valence-electron chi connectivity index (χ1n) is 13.1. The number of carbonyl (C=O) groups excluding carboxylic acids is 3. The fourth-order valence-electron chi connectivity index (χ4n) is 4.74. The van der Waals surface area contributed by atoms with Crippen molar-refractivity contribution in [2.45, 2.75) is 25.8 Å². The number of pyridine rings is 1. The van der Waals surface area contributed by atoms with Crippen LogP contribution in [0.25, 0.3) is 11.1 Å². The van der Waals surface area contributed by atoms with E-state index in [-0.39, 0.29) is 30.3 Å². The Balaban J connectivity index is 1.76. The number of hydrogen-bond acceptors (Lipinski definition) is 5. The normalized spacial score (nSPS) is 11.5. The zero-order valence-electron chi connectivity index (χ0n) is 23.4. The van der Waals surface area contributed by atoms with Gasteiger partial charge in [-0.1, -0.05) is 54.1 Å². The smallest absolute Gasteiger partial charge is 0.253 e. The summed E-state index contributed by atoms with van der Waals surface area (Å²) in [6.07, 6.45) is 1.87. The molecule has 4 rings (SSSR count). The van der Waals surface area contributed by atoms with Crippen molar-refractivity contribution in [3.05, 3.63) is 123 Å². The van der Waals surface area contributed by atoms with Crippen LogP contribution in [-0.2, 0) is 17.6 Å². The summed E-state index contributed by atoms with van der Waals surface area (Å²) in [5, 5.41) is 0.409. The van der Waals surface area contributed by atoms with E-state index in [1.54, 1.807) is 56.6 Å². The van der Waals surface area contributed by atoms with Gasteiger partial charge in [0.15, 0.2) is 11.6 Å². The van der Waals surface area contributed by atoms with Gasteiger partial charge < -0.3 is 14.2 Å². The van der Waals surface area contributed by atoms with Crippen LogP contribution in [0.3, 0.4) is 0 Å². The van der Waals surface area contributed by atoms with Gasteiger partial charge in [0.2, 0.25) is 0 Å². The molecule has 3 aromatic carbocycles. The van der Waals surface area contributed by atoms with E-state index in [1.807, 2.05) is 30.3 Å². The number of carbonyl (C=O) groups is 3. The zero-order chi connectivity index (χ0) is 29.7. The summed E-state index contributed by atoms with van der Waals surface area (Å²) in [6, 6.07) is 21.8. The standard InChI is InChI=1S/C33H31ClN2O5/c1-21(37)26-15-14-25(34)18-27(26)28-19-32(39)36(20-31(28)41-4)29(16-22-8-6-5-7-9-22)30(38)17-23-10-12-24(13-11-23)33(40)35(2)3/h5-15,18-20,29H,16-17H2,1-4H3/t29-/m0/s1. The molecule has 41 heavy (non-hydrogen) atoms. The summed E-state index contributed by atoms with van der Waals surface area (Å²) in [4.78, 5) is 53.5. The highest BCUT2D eigenvalue weighted by atomic mass is 35.5. The van der Waals surface area contributed by atoms with Crippen LogP contribution < -0.4 is 10.3 Å². The Morgan fingerprint density at radius 3 is 2.20 bits per heavy atom. The molecule has 0 spiro atoms. The van der Waals surface area contributed by atoms with E-state index in [2.05, 4.69) is 0 Å². The number of aromatic nitrogens is 1. The predicted molar refractivity (Wildman–Crippen MR) is 160 cm³/mol. The van der Waals surface area contributed by atoms with E-state index < -0.39 is 11.6 Å². The maximum atomic E-state index is 13.8. The Morgan fingerprint density at radius 2 is 1.59 bits per heavy atom. The van der Waals surface area contributed by atoms with Crippen molar-refractivity contribution in [3.63, 3.8) is 0 Å². The van der Waals surface area contributed by atoms with Crippen LogP contribution >= 0.6 is 11.6 Å². The molecule has 8 heteroatoms. The minimum Gasteiger partial charge on any atom is -0.495 e. The summed E-state index contributed by atoms with van der Waals surface area (Å²) in [5.41, 5.74) is 3.01. The van der Waals surface area contributed by atoms with Gasteiger partial charge in [0.05, 0.1) is 19.3 Å². The highest BCUT2D eigenvalue weighted by molar-refractivity contribution is 6.31. The maximum Gasteiger partial charge on any atom is 0.253 e. The van der Waals surface area contributed by atoms with Crippen LogP contribution in [0.4, 0.5) is 0 Å². The third-order valence-corrected chi connectivity index (χ3v) is 7.11. The monoisotopic (exact) mass is 570 g/mol. The SMILES string of the molecule is COc1cn([C@@H](Cc2ccccc2)C(=O)Cc2ccc(C(=O)N(C)C)cc2)c(=O)cc1-c1cc(Cl)ccc1C(C)=O. The van der Waals surface area contributed by atoms with Crippen LogP contribution in [0.1, 0.15) is 44.8 Å². The van der Waals surface area contributed by atoms with Gasteiger partial charge >= 0.3 is 0 Å². The van der Waals surface area contributed by atoms with Gasteiger partial charge in [0.25, 0.3) is 11.5 Å². The third-order valence-electron chi connectivity index (χ3n) is 6.88. The molecule has 4 aromatic rings. The van der Waals surface area contributed by atoms with Crippen LogP contribution in [0, 0.1) is 0 Å². The van der Waals surface area contributed by atoms with Crippen molar-refractivity contribution in [2.24, 2.45) is 0 Å². The Bertz CT molecular complexity index is 1640. The predicted octanol–water partition coefficient (Wildman–Crippen LogP) is 5.68. The average Bonchev–Trinajstić information content (AvgIpc) is 2.96. The quantitative estimate of drug-likeness (QED) is 0.229. The second-order valence-electron chi connectivity index (χ2n) is 9.99. The molecule has 0 radical (unpaired) electrons. The lowest BCUT2D eigenvalue weighted by Crippen LogP contribution is -2.32. The lowest BCUT2D eigenvalue weighted by Gasteiger charge is -2.22. The summed E-state index contributed by atoms with van der Waals surface area (Å²) in [7, 11) is 4.83. The lowest BCUT2D eigenvalue weighted by atomic mass is 9.95. The average molecular weight is 571 g/mol. The van der Waals surface area contributed by atoms with Crippen molar-refractivity contribution in [1.82, 2.24) is 9.47 Å². The molecular formula is C33H31ClN2O5. The van der Waals surface area contributed by atoms with Gasteiger partial charge in [-0.15, -0.1) is 0 Å². The van der Waals surface area contributed by atoms with Crippen molar-refractivity contribution < 1.29 is 19.1 Å². The summed E-state index contributed by atoms with van der Waals surface area (Å²) < 4.78 is 7.05. The Labute approximate surface area is 244 Å². The first-order valence-corrected chi connectivity index (χ1v) is 13.4. The second kappa shape index (κ2) is 12.8. The summed E-state index contributed by atoms with van der Waals surface area (Å²) >= 11 is 6.24. The molecule has 0 saturated heterocycles. The van der Waals surface area contributed by atoms with Crippen LogP contribution in [0.15, 0.2) is 89.9 Å². The van der Waals surface area contributed by atoms with E-state index in [0.717, 1.165) is 11.1 Å². The van der Waals surface area contributed by atoms with Gasteiger partial charge in [-0.25, -0.2) is 0 Å². The molecule has 0 bridgehead atoms. The lowest BCUT2D eigenvalue weighted by molar-refractivity contribution is -0.121. The first kappa shape index (κ1) is 29.5. The maximum absolute atomic E-state index is 13.8. The van der Waals surface area contributed by atoms with Gasteiger partial charge in [-0.2, -0.15) is 0 Å². The molecule has 1 aromatic heterocycles. The molecular weight excluding hydrogens is 540 g/mol. The van der Waals surface area contributed by atoms with E-state index >= 15 is 0 Å². The van der Waals surface area contributed by atoms with Gasteiger partial charge in [0.1, 0.15) is 5.75 Å². The Kier molecular flexibility index (Phi) is 9.20. The number of nitrogens with zero attached hydrogens (tertiary/aromatic N) is 2. The molecule has 0 fully saturated rings. The second-order valence-corrected chi connectivity index (χ2v) is 10.4. The van der Waals surface area contributed by atoms with Gasteiger partial charge in [-0.05, 0) is 53.9 Å². The Hall–Kier alpha value is -4.49. The minimum absolute atomic E-state index is 0.0627. The molecule has 7 nitrogen and oxygen atoms in total. The highest BCUT2D eigenvalue weighted by Crippen LogP contribution is 2.34. The number of amides is 1. The number of ether oxygens (including phenoxy) is 1. The molecule has 0 aliphatic carbocycles. The van der Waals surface area contributed by atoms with Crippen molar-refractivity contribution in [1.29, 1.82) is 0 Å². The van der Waals surface area contributed by atoms with E-state index in [0.29, 0.717) is 33.0 Å². The summed E-state index contributed by atoms with van der Waals surface area (Å²) in [5.74, 6) is -0.161. The molecule has 0 unspecified atom stereocenters. The number of ketones is 2. The molecule has 0 aliphatic rings. The number of rotatable bonds is 10. The molecule has 0 saturated carbocycles. The molecule has 0 aliphatic heterocycles. The largest absolute Gasteiger partial charge is 0.495 e. The van der Waals surface area contributed by atoms with Crippen LogP contribution in [0.2, 0.25) is 5.02 Å². The number of halogens is 1. The molecule has 1 amide bonds. The number of benzene rings is 3. The highest BCUT2D eigenvalue weighted by Gasteiger charge is 2.25. The molecule has 210 valence electrons. The van der Waals surface area contributed by atoms with Gasteiger partial charge in [0, 0.05) is 54.7 Å². The number of Topliss-reactive ketones (excluding diaryl/α,β-unsaturated/α-hetero) is 2. The van der Waals surface area contributed by atoms with Crippen molar-refractivity contribution in [2.75, 3.05) is 21.2 Å². The van der Waals surface area contributed by atoms with E-state index in [9.17, 15) is 19.2 Å². The fraction of sp³-hybridized carbons (Fsp3) is 0.212. The topological polar surface area (TPSA) is 85.7 Å². The zero-order valence-corrected chi connectivity index (χ0v) is 24.1. The number of methoxy groups -OCH3 is 1. The third kappa shape index (κ3) is 6.81. The van der Waals surface area contributed by atoms with E-state index in [4.69, 9.17) is 16.3 Å². The molecule has 0 N–H and O–H groups in total.